The van der Waals surface area contributed by atoms with Crippen molar-refractivity contribution in [2.45, 2.75) is 26.7 Å². The number of aryl methyl sites for hydroxylation is 1. The summed E-state index contributed by atoms with van der Waals surface area (Å²) in [5.41, 5.74) is 3.32. The van der Waals surface area contributed by atoms with Crippen LogP contribution in [0.5, 0.6) is 5.75 Å². The van der Waals surface area contributed by atoms with Gasteiger partial charge in [0.2, 0.25) is 0 Å². The van der Waals surface area contributed by atoms with E-state index < -0.39 is 0 Å². The molecular weight excluding hydrogens is 246 g/mol. The fourth-order valence-corrected chi connectivity index (χ4v) is 2.43. The molecule has 0 aliphatic carbocycles. The second-order valence-electron chi connectivity index (χ2n) is 5.64. The summed E-state index contributed by atoms with van der Waals surface area (Å²) in [7, 11) is 0. The highest BCUT2D eigenvalue weighted by molar-refractivity contribution is 5.50. The maximum absolute atomic E-state index is 9.56. The van der Waals surface area contributed by atoms with Crippen LogP contribution in [0, 0.1) is 12.8 Å². The Bertz CT molecular complexity index is 549. The third-order valence-corrected chi connectivity index (χ3v) is 3.76. The van der Waals surface area contributed by atoms with E-state index in [2.05, 4.69) is 49.5 Å². The normalized spacial score (nSPS) is 12.4. The molecule has 0 fully saturated rings. The Kier molecular flexibility index (Phi) is 4.67. The van der Waals surface area contributed by atoms with Gasteiger partial charge in [0.1, 0.15) is 5.75 Å². The zero-order valence-corrected chi connectivity index (χ0v) is 12.4. The molecule has 2 N–H and O–H groups in total. The molecular formula is C18H23NO. The standard InChI is InChI=1S/C18H23NO/c1-13(2)17(15-7-5-4-6-8-15)12-19-16-9-10-18(20)14(3)11-16/h4-11,13,17,19-20H,12H2,1-3H3. The first-order chi connectivity index (χ1) is 9.58. The highest BCUT2D eigenvalue weighted by atomic mass is 16.3. The molecule has 0 aromatic heterocycles. The molecule has 1 atom stereocenters. The lowest BCUT2D eigenvalue weighted by Gasteiger charge is -2.22. The van der Waals surface area contributed by atoms with Gasteiger partial charge in [-0.15, -0.1) is 0 Å². The van der Waals surface area contributed by atoms with Crippen LogP contribution >= 0.6 is 0 Å². The first kappa shape index (κ1) is 14.4. The molecule has 1 unspecified atom stereocenters. The molecule has 0 spiro atoms. The van der Waals surface area contributed by atoms with Crippen molar-refractivity contribution in [3.05, 3.63) is 59.7 Å². The summed E-state index contributed by atoms with van der Waals surface area (Å²) in [6.45, 7) is 7.31. The van der Waals surface area contributed by atoms with Crippen molar-refractivity contribution >= 4 is 5.69 Å². The molecule has 20 heavy (non-hydrogen) atoms. The summed E-state index contributed by atoms with van der Waals surface area (Å²) < 4.78 is 0. The van der Waals surface area contributed by atoms with E-state index in [0.717, 1.165) is 17.8 Å². The van der Waals surface area contributed by atoms with Gasteiger partial charge in [0.05, 0.1) is 0 Å². The van der Waals surface area contributed by atoms with Crippen LogP contribution in [-0.2, 0) is 0 Å². The van der Waals surface area contributed by atoms with E-state index in [9.17, 15) is 5.11 Å². The van der Waals surface area contributed by atoms with Crippen molar-refractivity contribution in [3.8, 4) is 5.75 Å². The number of phenols is 1. The summed E-state index contributed by atoms with van der Waals surface area (Å²) >= 11 is 0. The van der Waals surface area contributed by atoms with Crippen molar-refractivity contribution in [1.29, 1.82) is 0 Å². The number of hydrogen-bond acceptors (Lipinski definition) is 2. The first-order valence-electron chi connectivity index (χ1n) is 7.16. The van der Waals surface area contributed by atoms with Gasteiger partial charge in [-0.1, -0.05) is 44.2 Å². The van der Waals surface area contributed by atoms with Crippen molar-refractivity contribution in [2.24, 2.45) is 5.92 Å². The van der Waals surface area contributed by atoms with Crippen LogP contribution in [0.1, 0.15) is 30.9 Å². The van der Waals surface area contributed by atoms with Gasteiger partial charge in [0, 0.05) is 18.2 Å². The van der Waals surface area contributed by atoms with Crippen LogP contribution < -0.4 is 5.32 Å². The molecule has 0 radical (unpaired) electrons. The number of anilines is 1. The van der Waals surface area contributed by atoms with Crippen molar-refractivity contribution in [3.63, 3.8) is 0 Å². The lowest BCUT2D eigenvalue weighted by molar-refractivity contribution is 0.471. The number of nitrogens with one attached hydrogen (secondary N) is 1. The molecule has 0 amide bonds. The molecule has 2 nitrogen and oxygen atoms in total. The third-order valence-electron chi connectivity index (χ3n) is 3.76. The van der Waals surface area contributed by atoms with E-state index in [4.69, 9.17) is 0 Å². The van der Waals surface area contributed by atoms with E-state index in [1.165, 1.54) is 5.56 Å². The van der Waals surface area contributed by atoms with Crippen LogP contribution in [0.2, 0.25) is 0 Å². The lowest BCUT2D eigenvalue weighted by atomic mass is 9.88. The Hall–Kier alpha value is -1.96. The summed E-state index contributed by atoms with van der Waals surface area (Å²) in [5, 5.41) is 13.0. The minimum absolute atomic E-state index is 0.346. The minimum atomic E-state index is 0.346. The van der Waals surface area contributed by atoms with E-state index in [1.807, 2.05) is 19.1 Å². The predicted octanol–water partition coefficient (Wildman–Crippen LogP) is 4.55. The number of aromatic hydroxyl groups is 1. The molecule has 0 saturated heterocycles. The molecule has 2 aromatic carbocycles. The molecule has 106 valence electrons. The van der Waals surface area contributed by atoms with Crippen LogP contribution in [0.15, 0.2) is 48.5 Å². The maximum Gasteiger partial charge on any atom is 0.118 e. The van der Waals surface area contributed by atoms with Gasteiger partial charge in [-0.2, -0.15) is 0 Å². The summed E-state index contributed by atoms with van der Waals surface area (Å²) in [5.74, 6) is 1.40. The second kappa shape index (κ2) is 6.47. The molecule has 0 aliphatic rings. The zero-order valence-electron chi connectivity index (χ0n) is 12.4. The van der Waals surface area contributed by atoms with E-state index in [0.29, 0.717) is 17.6 Å². The molecule has 0 saturated carbocycles. The average Bonchev–Trinajstić information content (AvgIpc) is 2.44. The van der Waals surface area contributed by atoms with Crippen LogP contribution in [0.25, 0.3) is 0 Å². The van der Waals surface area contributed by atoms with Gasteiger partial charge < -0.3 is 10.4 Å². The lowest BCUT2D eigenvalue weighted by Crippen LogP contribution is -2.17. The number of hydrogen-bond donors (Lipinski definition) is 2. The molecule has 0 bridgehead atoms. The Morgan fingerprint density at radius 3 is 2.35 bits per heavy atom. The van der Waals surface area contributed by atoms with E-state index in [-0.39, 0.29) is 0 Å². The van der Waals surface area contributed by atoms with Gasteiger partial charge in [-0.3, -0.25) is 0 Å². The molecule has 2 aromatic rings. The Balaban J connectivity index is 2.08. The van der Waals surface area contributed by atoms with Crippen LogP contribution in [0.4, 0.5) is 5.69 Å². The summed E-state index contributed by atoms with van der Waals surface area (Å²) in [6.07, 6.45) is 0. The van der Waals surface area contributed by atoms with Gasteiger partial charge in [0.25, 0.3) is 0 Å². The molecule has 2 heteroatoms. The van der Waals surface area contributed by atoms with Crippen LogP contribution in [0.3, 0.4) is 0 Å². The van der Waals surface area contributed by atoms with Gasteiger partial charge >= 0.3 is 0 Å². The van der Waals surface area contributed by atoms with Gasteiger partial charge in [-0.05, 0) is 42.2 Å². The van der Waals surface area contributed by atoms with E-state index >= 15 is 0 Å². The zero-order chi connectivity index (χ0) is 14.5. The highest BCUT2D eigenvalue weighted by Gasteiger charge is 2.15. The molecule has 0 aliphatic heterocycles. The molecule has 2 rings (SSSR count). The Labute approximate surface area is 121 Å². The van der Waals surface area contributed by atoms with E-state index in [1.54, 1.807) is 6.07 Å². The fourth-order valence-electron chi connectivity index (χ4n) is 2.43. The molecule has 0 heterocycles. The number of rotatable bonds is 5. The second-order valence-corrected chi connectivity index (χ2v) is 5.64. The summed E-state index contributed by atoms with van der Waals surface area (Å²) in [6, 6.07) is 16.3. The van der Waals surface area contributed by atoms with Gasteiger partial charge in [0.15, 0.2) is 0 Å². The topological polar surface area (TPSA) is 32.3 Å². The predicted molar refractivity (Wildman–Crippen MR) is 85.4 cm³/mol. The smallest absolute Gasteiger partial charge is 0.118 e. The number of phenolic OH excluding ortho intramolecular Hbond substituents is 1. The minimum Gasteiger partial charge on any atom is -0.508 e. The highest BCUT2D eigenvalue weighted by Crippen LogP contribution is 2.26. The Morgan fingerprint density at radius 1 is 1.05 bits per heavy atom. The maximum atomic E-state index is 9.56. The summed E-state index contributed by atoms with van der Waals surface area (Å²) in [4.78, 5) is 0. The number of benzene rings is 2. The first-order valence-corrected chi connectivity index (χ1v) is 7.16. The van der Waals surface area contributed by atoms with Crippen molar-refractivity contribution < 1.29 is 5.11 Å². The van der Waals surface area contributed by atoms with Crippen molar-refractivity contribution in [1.82, 2.24) is 0 Å². The van der Waals surface area contributed by atoms with Crippen molar-refractivity contribution in [2.75, 3.05) is 11.9 Å². The van der Waals surface area contributed by atoms with Crippen LogP contribution in [-0.4, -0.2) is 11.7 Å². The monoisotopic (exact) mass is 269 g/mol. The fraction of sp³-hybridized carbons (Fsp3) is 0.333. The average molecular weight is 269 g/mol. The quantitative estimate of drug-likeness (QED) is 0.780. The SMILES string of the molecule is Cc1cc(NCC(c2ccccc2)C(C)C)ccc1O. The van der Waals surface area contributed by atoms with Gasteiger partial charge in [-0.25, -0.2) is 0 Å². The Morgan fingerprint density at radius 2 is 1.75 bits per heavy atom. The third kappa shape index (κ3) is 3.53. The largest absolute Gasteiger partial charge is 0.508 e.